The molecule has 2 rings (SSSR count). The van der Waals surface area contributed by atoms with Gasteiger partial charge in [-0.05, 0) is 36.4 Å². The van der Waals surface area contributed by atoms with Crippen LogP contribution in [0.5, 0.6) is 0 Å². The molecule has 0 unspecified atom stereocenters. The van der Waals surface area contributed by atoms with Crippen LogP contribution in [-0.2, 0) is 0 Å². The van der Waals surface area contributed by atoms with Crippen molar-refractivity contribution in [3.63, 3.8) is 0 Å². The van der Waals surface area contributed by atoms with Crippen LogP contribution in [0, 0.1) is 11.6 Å². The molecule has 0 atom stereocenters. The number of benzene rings is 2. The summed E-state index contributed by atoms with van der Waals surface area (Å²) in [5.41, 5.74) is -0.286. The van der Waals surface area contributed by atoms with E-state index in [0.29, 0.717) is 4.47 Å². The predicted molar refractivity (Wildman–Crippen MR) is 73.5 cm³/mol. The van der Waals surface area contributed by atoms with Gasteiger partial charge in [-0.2, -0.15) is 0 Å². The van der Waals surface area contributed by atoms with Gasteiger partial charge in [0.1, 0.15) is 11.6 Å². The third kappa shape index (κ3) is 3.30. The lowest BCUT2D eigenvalue weighted by molar-refractivity contribution is 0.102. The van der Waals surface area contributed by atoms with Crippen molar-refractivity contribution < 1.29 is 13.6 Å². The van der Waals surface area contributed by atoms with Gasteiger partial charge >= 0.3 is 0 Å². The predicted octanol–water partition coefficient (Wildman–Crippen LogP) is 4.63. The molecule has 0 heterocycles. The quantitative estimate of drug-likeness (QED) is 0.844. The molecule has 6 heteroatoms. The third-order valence-electron chi connectivity index (χ3n) is 2.35. The van der Waals surface area contributed by atoms with Crippen molar-refractivity contribution in [2.24, 2.45) is 0 Å². The Morgan fingerprint density at radius 3 is 2.53 bits per heavy atom. The van der Waals surface area contributed by atoms with E-state index >= 15 is 0 Å². The summed E-state index contributed by atoms with van der Waals surface area (Å²) in [7, 11) is 0. The molecule has 19 heavy (non-hydrogen) atoms. The molecule has 0 aliphatic rings. The standard InChI is InChI=1S/C13H7BrClF2NO/c14-7-1-3-11(17)12(5-7)18-13(19)9-6-8(15)2-4-10(9)16/h1-6H,(H,18,19). The zero-order valence-electron chi connectivity index (χ0n) is 9.38. The van der Waals surface area contributed by atoms with Crippen LogP contribution in [0.1, 0.15) is 10.4 Å². The molecular formula is C13H7BrClF2NO. The van der Waals surface area contributed by atoms with Crippen molar-refractivity contribution in [2.45, 2.75) is 0 Å². The monoisotopic (exact) mass is 345 g/mol. The van der Waals surface area contributed by atoms with Gasteiger partial charge in [0, 0.05) is 9.50 Å². The smallest absolute Gasteiger partial charge is 0.258 e. The molecule has 0 bridgehead atoms. The molecule has 0 spiro atoms. The Labute approximate surface area is 121 Å². The van der Waals surface area contributed by atoms with Crippen molar-refractivity contribution in [3.05, 3.63) is 63.1 Å². The maximum atomic E-state index is 13.5. The summed E-state index contributed by atoms with van der Waals surface area (Å²) in [6, 6.07) is 7.65. The fourth-order valence-corrected chi connectivity index (χ4v) is 1.99. The van der Waals surface area contributed by atoms with Crippen molar-refractivity contribution in [2.75, 3.05) is 5.32 Å². The molecule has 0 saturated heterocycles. The summed E-state index contributed by atoms with van der Waals surface area (Å²) in [6.45, 7) is 0. The highest BCUT2D eigenvalue weighted by Gasteiger charge is 2.14. The van der Waals surface area contributed by atoms with Crippen molar-refractivity contribution in [1.29, 1.82) is 0 Å². The van der Waals surface area contributed by atoms with E-state index < -0.39 is 17.5 Å². The van der Waals surface area contributed by atoms with E-state index in [1.54, 1.807) is 0 Å². The first-order valence-electron chi connectivity index (χ1n) is 5.19. The highest BCUT2D eigenvalue weighted by molar-refractivity contribution is 9.10. The van der Waals surface area contributed by atoms with Gasteiger partial charge in [0.15, 0.2) is 0 Å². The first-order chi connectivity index (χ1) is 8.97. The van der Waals surface area contributed by atoms with Gasteiger partial charge in [0.25, 0.3) is 5.91 Å². The van der Waals surface area contributed by atoms with Gasteiger partial charge in [0.05, 0.1) is 11.3 Å². The lowest BCUT2D eigenvalue weighted by Gasteiger charge is -2.08. The first kappa shape index (κ1) is 14.0. The van der Waals surface area contributed by atoms with Gasteiger partial charge in [-0.25, -0.2) is 8.78 Å². The molecule has 0 aromatic heterocycles. The molecule has 2 nitrogen and oxygen atoms in total. The first-order valence-corrected chi connectivity index (χ1v) is 6.36. The maximum Gasteiger partial charge on any atom is 0.258 e. The number of rotatable bonds is 2. The minimum Gasteiger partial charge on any atom is -0.319 e. The molecule has 2 aromatic rings. The molecule has 0 fully saturated rings. The number of amides is 1. The van der Waals surface area contributed by atoms with E-state index in [1.165, 1.54) is 30.3 Å². The molecule has 0 radical (unpaired) electrons. The fourth-order valence-electron chi connectivity index (χ4n) is 1.45. The SMILES string of the molecule is O=C(Nc1cc(Br)ccc1F)c1cc(Cl)ccc1F. The minimum absolute atomic E-state index is 0.0428. The number of hydrogen-bond acceptors (Lipinski definition) is 1. The van der Waals surface area contributed by atoms with Crippen LogP contribution < -0.4 is 5.32 Å². The van der Waals surface area contributed by atoms with Crippen LogP contribution in [0.15, 0.2) is 40.9 Å². The Bertz CT molecular complexity index is 649. The highest BCUT2D eigenvalue weighted by Crippen LogP contribution is 2.22. The number of nitrogens with one attached hydrogen (secondary N) is 1. The normalized spacial score (nSPS) is 10.3. The van der Waals surface area contributed by atoms with Gasteiger partial charge in [-0.15, -0.1) is 0 Å². The Hall–Kier alpha value is -1.46. The van der Waals surface area contributed by atoms with Crippen molar-refractivity contribution in [3.8, 4) is 0 Å². The number of carbonyl (C=O) groups is 1. The van der Waals surface area contributed by atoms with E-state index in [0.717, 1.165) is 6.07 Å². The van der Waals surface area contributed by atoms with Gasteiger partial charge in [0.2, 0.25) is 0 Å². The topological polar surface area (TPSA) is 29.1 Å². The van der Waals surface area contributed by atoms with Crippen molar-refractivity contribution >= 4 is 39.1 Å². The molecule has 0 aliphatic carbocycles. The Morgan fingerprint density at radius 1 is 1.11 bits per heavy atom. The fraction of sp³-hybridized carbons (Fsp3) is 0. The minimum atomic E-state index is -0.767. The van der Waals surface area contributed by atoms with Crippen molar-refractivity contribution in [1.82, 2.24) is 0 Å². The third-order valence-corrected chi connectivity index (χ3v) is 3.08. The molecule has 0 aliphatic heterocycles. The number of anilines is 1. The van der Waals surface area contributed by atoms with Crippen LogP contribution in [0.3, 0.4) is 0 Å². The van der Waals surface area contributed by atoms with E-state index in [4.69, 9.17) is 11.6 Å². The van der Waals surface area contributed by atoms with E-state index in [2.05, 4.69) is 21.2 Å². The Morgan fingerprint density at radius 2 is 1.79 bits per heavy atom. The zero-order chi connectivity index (χ0) is 14.0. The van der Waals surface area contributed by atoms with E-state index in [9.17, 15) is 13.6 Å². The molecule has 1 N–H and O–H groups in total. The number of halogens is 4. The summed E-state index contributed by atoms with van der Waals surface area (Å²) in [4.78, 5) is 11.9. The molecule has 98 valence electrons. The zero-order valence-corrected chi connectivity index (χ0v) is 11.7. The summed E-state index contributed by atoms with van der Waals surface area (Å²) in [5.74, 6) is -2.10. The van der Waals surface area contributed by atoms with Gasteiger partial charge < -0.3 is 5.32 Å². The second kappa shape index (κ2) is 5.67. The average Bonchev–Trinajstić information content (AvgIpc) is 2.36. The lowest BCUT2D eigenvalue weighted by Crippen LogP contribution is -2.14. The largest absolute Gasteiger partial charge is 0.319 e. The average molecular weight is 347 g/mol. The van der Waals surface area contributed by atoms with Crippen LogP contribution in [0.25, 0.3) is 0 Å². The molecule has 1 amide bonds. The molecule has 2 aromatic carbocycles. The Kier molecular flexibility index (Phi) is 4.17. The van der Waals surface area contributed by atoms with Crippen LogP contribution in [0.4, 0.5) is 14.5 Å². The summed E-state index contributed by atoms with van der Waals surface area (Å²) < 4.78 is 27.5. The van der Waals surface area contributed by atoms with Gasteiger partial charge in [-0.1, -0.05) is 27.5 Å². The lowest BCUT2D eigenvalue weighted by atomic mass is 10.2. The number of hydrogen-bond donors (Lipinski definition) is 1. The van der Waals surface area contributed by atoms with E-state index in [-0.39, 0.29) is 16.3 Å². The second-order valence-electron chi connectivity index (χ2n) is 3.70. The summed E-state index contributed by atoms with van der Waals surface area (Å²) in [5, 5.41) is 2.52. The van der Waals surface area contributed by atoms with Gasteiger partial charge in [-0.3, -0.25) is 4.79 Å². The highest BCUT2D eigenvalue weighted by atomic mass is 79.9. The van der Waals surface area contributed by atoms with Crippen LogP contribution >= 0.6 is 27.5 Å². The van der Waals surface area contributed by atoms with Crippen LogP contribution in [0.2, 0.25) is 5.02 Å². The molecule has 0 saturated carbocycles. The van der Waals surface area contributed by atoms with Crippen LogP contribution in [-0.4, -0.2) is 5.91 Å². The molecular weight excluding hydrogens is 340 g/mol. The summed E-state index contributed by atoms with van der Waals surface area (Å²) in [6.07, 6.45) is 0. The maximum absolute atomic E-state index is 13.5. The number of carbonyl (C=O) groups excluding carboxylic acids is 1. The Balaban J connectivity index is 2.30. The van der Waals surface area contributed by atoms with E-state index in [1.807, 2.05) is 0 Å². The second-order valence-corrected chi connectivity index (χ2v) is 5.05. The summed E-state index contributed by atoms with van der Waals surface area (Å²) >= 11 is 8.85.